The fourth-order valence-corrected chi connectivity index (χ4v) is 2.79. The van der Waals surface area contributed by atoms with Crippen molar-refractivity contribution < 1.29 is 9.53 Å². The second kappa shape index (κ2) is 6.58. The summed E-state index contributed by atoms with van der Waals surface area (Å²) in [7, 11) is 2.08. The van der Waals surface area contributed by atoms with E-state index < -0.39 is 0 Å². The predicted octanol–water partition coefficient (Wildman–Crippen LogP) is 0.00922. The molecular formula is C15H23N5O2. The van der Waals surface area contributed by atoms with Crippen LogP contribution in [0.4, 0.5) is 5.82 Å². The first kappa shape index (κ1) is 15.2. The molecule has 0 unspecified atom stereocenters. The number of aryl methyl sites for hydroxylation is 1. The van der Waals surface area contributed by atoms with E-state index in [1.807, 2.05) is 17.9 Å². The summed E-state index contributed by atoms with van der Waals surface area (Å²) < 4.78 is 5.37. The van der Waals surface area contributed by atoms with E-state index in [0.29, 0.717) is 24.7 Å². The highest BCUT2D eigenvalue weighted by molar-refractivity contribution is 5.93. The van der Waals surface area contributed by atoms with Crippen molar-refractivity contribution in [1.82, 2.24) is 19.8 Å². The van der Waals surface area contributed by atoms with E-state index in [0.717, 1.165) is 45.1 Å². The largest absolute Gasteiger partial charge is 0.378 e. The van der Waals surface area contributed by atoms with Crippen LogP contribution in [0.15, 0.2) is 6.07 Å². The lowest BCUT2D eigenvalue weighted by Gasteiger charge is -2.32. The van der Waals surface area contributed by atoms with Gasteiger partial charge in [-0.2, -0.15) is 0 Å². The Kier molecular flexibility index (Phi) is 4.54. The molecule has 2 saturated heterocycles. The zero-order valence-electron chi connectivity index (χ0n) is 13.3. The molecule has 0 N–H and O–H groups in total. The molecule has 0 radical (unpaired) electrons. The summed E-state index contributed by atoms with van der Waals surface area (Å²) in [6, 6.07) is 1.82. The van der Waals surface area contributed by atoms with Crippen LogP contribution in [0.5, 0.6) is 0 Å². The lowest BCUT2D eigenvalue weighted by molar-refractivity contribution is 0.0657. The van der Waals surface area contributed by atoms with Gasteiger partial charge in [0.1, 0.15) is 17.3 Å². The Morgan fingerprint density at radius 1 is 1.09 bits per heavy atom. The Bertz CT molecular complexity index is 537. The van der Waals surface area contributed by atoms with Crippen molar-refractivity contribution >= 4 is 11.7 Å². The van der Waals surface area contributed by atoms with Crippen LogP contribution >= 0.6 is 0 Å². The molecular weight excluding hydrogens is 282 g/mol. The van der Waals surface area contributed by atoms with Crippen molar-refractivity contribution in [3.8, 4) is 0 Å². The number of anilines is 1. The summed E-state index contributed by atoms with van der Waals surface area (Å²) in [6.07, 6.45) is 0. The van der Waals surface area contributed by atoms with Gasteiger partial charge in [-0.25, -0.2) is 9.97 Å². The quantitative estimate of drug-likeness (QED) is 0.767. The summed E-state index contributed by atoms with van der Waals surface area (Å²) >= 11 is 0. The molecule has 22 heavy (non-hydrogen) atoms. The first-order chi connectivity index (χ1) is 10.6. The first-order valence-corrected chi connectivity index (χ1v) is 7.80. The zero-order chi connectivity index (χ0) is 15.5. The summed E-state index contributed by atoms with van der Waals surface area (Å²) in [6.45, 7) is 8.17. The van der Waals surface area contributed by atoms with E-state index in [9.17, 15) is 4.79 Å². The van der Waals surface area contributed by atoms with Gasteiger partial charge in [0.15, 0.2) is 0 Å². The van der Waals surface area contributed by atoms with Crippen LogP contribution in [0.2, 0.25) is 0 Å². The van der Waals surface area contributed by atoms with Crippen LogP contribution in [0.1, 0.15) is 16.3 Å². The third kappa shape index (κ3) is 3.36. The van der Waals surface area contributed by atoms with Gasteiger partial charge in [0.05, 0.1) is 13.2 Å². The van der Waals surface area contributed by atoms with Gasteiger partial charge in [0, 0.05) is 45.3 Å². The maximum atomic E-state index is 12.7. The number of nitrogens with zero attached hydrogens (tertiary/aromatic N) is 5. The van der Waals surface area contributed by atoms with Gasteiger partial charge in [0.25, 0.3) is 5.91 Å². The van der Waals surface area contributed by atoms with E-state index in [1.165, 1.54) is 0 Å². The van der Waals surface area contributed by atoms with Gasteiger partial charge in [-0.3, -0.25) is 4.79 Å². The molecule has 0 aliphatic carbocycles. The average molecular weight is 305 g/mol. The Morgan fingerprint density at radius 3 is 2.45 bits per heavy atom. The van der Waals surface area contributed by atoms with E-state index in [1.54, 1.807) is 0 Å². The minimum absolute atomic E-state index is 0.00751. The number of amides is 1. The molecule has 1 aromatic rings. The number of hydrogen-bond donors (Lipinski definition) is 0. The number of carbonyl (C=O) groups is 1. The first-order valence-electron chi connectivity index (χ1n) is 7.80. The monoisotopic (exact) mass is 305 g/mol. The molecule has 1 amide bonds. The highest BCUT2D eigenvalue weighted by Gasteiger charge is 2.23. The van der Waals surface area contributed by atoms with Gasteiger partial charge >= 0.3 is 0 Å². The van der Waals surface area contributed by atoms with E-state index in [4.69, 9.17) is 4.74 Å². The lowest BCUT2D eigenvalue weighted by atomic mass is 10.2. The molecule has 0 atom stereocenters. The summed E-state index contributed by atoms with van der Waals surface area (Å²) in [5.74, 6) is 1.47. The molecule has 2 aliphatic heterocycles. The van der Waals surface area contributed by atoms with Crippen LogP contribution < -0.4 is 4.90 Å². The molecule has 0 spiro atoms. The third-order valence-corrected chi connectivity index (χ3v) is 4.17. The van der Waals surface area contributed by atoms with Crippen molar-refractivity contribution in [2.24, 2.45) is 0 Å². The van der Waals surface area contributed by atoms with Gasteiger partial charge in [-0.15, -0.1) is 0 Å². The van der Waals surface area contributed by atoms with Gasteiger partial charge in [-0.1, -0.05) is 0 Å². The molecule has 3 rings (SSSR count). The maximum absolute atomic E-state index is 12.7. The fourth-order valence-electron chi connectivity index (χ4n) is 2.79. The standard InChI is InChI=1S/C15H23N5O2/c1-12-16-13(15(21)20-5-3-18(2)4-6-20)11-14(17-12)19-7-9-22-10-8-19/h11H,3-10H2,1-2H3. The van der Waals surface area contributed by atoms with Crippen molar-refractivity contribution in [2.75, 3.05) is 64.4 Å². The van der Waals surface area contributed by atoms with Crippen LogP contribution in [-0.2, 0) is 4.74 Å². The third-order valence-electron chi connectivity index (χ3n) is 4.17. The van der Waals surface area contributed by atoms with E-state index in [-0.39, 0.29) is 5.91 Å². The summed E-state index contributed by atoms with van der Waals surface area (Å²) in [5.41, 5.74) is 0.499. The van der Waals surface area contributed by atoms with Crippen LogP contribution in [0, 0.1) is 6.92 Å². The van der Waals surface area contributed by atoms with Crippen molar-refractivity contribution in [1.29, 1.82) is 0 Å². The van der Waals surface area contributed by atoms with Gasteiger partial charge in [0.2, 0.25) is 0 Å². The number of rotatable bonds is 2. The molecule has 0 bridgehead atoms. The van der Waals surface area contributed by atoms with Crippen molar-refractivity contribution in [3.05, 3.63) is 17.6 Å². The van der Waals surface area contributed by atoms with Gasteiger partial charge < -0.3 is 19.4 Å². The number of ether oxygens (including phenoxy) is 1. The predicted molar refractivity (Wildman–Crippen MR) is 83.2 cm³/mol. The fraction of sp³-hybridized carbons (Fsp3) is 0.667. The summed E-state index contributed by atoms with van der Waals surface area (Å²) in [5, 5.41) is 0. The maximum Gasteiger partial charge on any atom is 0.272 e. The molecule has 2 aliphatic rings. The van der Waals surface area contributed by atoms with Gasteiger partial charge in [-0.05, 0) is 14.0 Å². The smallest absolute Gasteiger partial charge is 0.272 e. The second-order valence-electron chi connectivity index (χ2n) is 5.85. The molecule has 3 heterocycles. The zero-order valence-corrected chi connectivity index (χ0v) is 13.3. The number of hydrogen-bond acceptors (Lipinski definition) is 6. The molecule has 0 aromatic carbocycles. The average Bonchev–Trinajstić information content (AvgIpc) is 2.55. The van der Waals surface area contributed by atoms with E-state index in [2.05, 4.69) is 26.8 Å². The number of piperazine rings is 1. The Labute approximate surface area is 130 Å². The Morgan fingerprint density at radius 2 is 1.77 bits per heavy atom. The number of morpholine rings is 1. The molecule has 7 nitrogen and oxygen atoms in total. The number of likely N-dealkylation sites (N-methyl/N-ethyl adjacent to an activating group) is 1. The summed E-state index contributed by atoms with van der Waals surface area (Å²) in [4.78, 5) is 27.8. The highest BCUT2D eigenvalue weighted by atomic mass is 16.5. The highest BCUT2D eigenvalue weighted by Crippen LogP contribution is 2.16. The van der Waals surface area contributed by atoms with Crippen LogP contribution in [0.25, 0.3) is 0 Å². The molecule has 120 valence electrons. The Hall–Kier alpha value is -1.73. The molecule has 0 saturated carbocycles. The van der Waals surface area contributed by atoms with E-state index >= 15 is 0 Å². The second-order valence-corrected chi connectivity index (χ2v) is 5.85. The number of aromatic nitrogens is 2. The normalized spacial score (nSPS) is 20.3. The topological polar surface area (TPSA) is 61.8 Å². The van der Waals surface area contributed by atoms with Crippen molar-refractivity contribution in [2.45, 2.75) is 6.92 Å². The Balaban J connectivity index is 1.78. The van der Waals surface area contributed by atoms with Crippen LogP contribution in [0.3, 0.4) is 0 Å². The van der Waals surface area contributed by atoms with Crippen molar-refractivity contribution in [3.63, 3.8) is 0 Å². The van der Waals surface area contributed by atoms with Crippen LogP contribution in [-0.4, -0.2) is 85.2 Å². The molecule has 7 heteroatoms. The molecule has 2 fully saturated rings. The molecule has 1 aromatic heterocycles. The number of carbonyl (C=O) groups excluding carboxylic acids is 1. The lowest BCUT2D eigenvalue weighted by Crippen LogP contribution is -2.47. The minimum atomic E-state index is 0.00751. The SMILES string of the molecule is Cc1nc(C(=O)N2CCN(C)CC2)cc(N2CCOCC2)n1. The minimum Gasteiger partial charge on any atom is -0.378 e.